The van der Waals surface area contributed by atoms with Gasteiger partial charge in [0.05, 0.1) is 12.3 Å². The molecule has 1 aromatic carbocycles. The Morgan fingerprint density at radius 3 is 2.41 bits per heavy atom. The van der Waals surface area contributed by atoms with E-state index in [9.17, 15) is 0 Å². The zero-order valence-corrected chi connectivity index (χ0v) is 13.5. The smallest absolute Gasteiger partial charge is 0.119 e. The van der Waals surface area contributed by atoms with Crippen LogP contribution in [0.5, 0.6) is 5.75 Å². The summed E-state index contributed by atoms with van der Waals surface area (Å²) < 4.78 is 11.0. The number of pyridine rings is 1. The second kappa shape index (κ2) is 9.21. The molecule has 1 aromatic heterocycles. The number of benzene rings is 1. The van der Waals surface area contributed by atoms with Gasteiger partial charge >= 0.3 is 0 Å². The molecule has 0 amide bonds. The Bertz CT molecular complexity index is 534. The number of hydrogen-bond donors (Lipinski definition) is 0. The van der Waals surface area contributed by atoms with Crippen LogP contribution in [0, 0.1) is 0 Å². The van der Waals surface area contributed by atoms with E-state index in [0.29, 0.717) is 6.61 Å². The van der Waals surface area contributed by atoms with Gasteiger partial charge in [0, 0.05) is 25.0 Å². The number of ether oxygens (including phenoxy) is 2. The van der Waals surface area contributed by atoms with E-state index in [1.807, 2.05) is 37.4 Å². The van der Waals surface area contributed by atoms with E-state index in [2.05, 4.69) is 24.0 Å². The van der Waals surface area contributed by atoms with E-state index < -0.39 is 0 Å². The Hall–Kier alpha value is -1.87. The molecule has 1 heterocycles. The van der Waals surface area contributed by atoms with Crippen LogP contribution in [0.25, 0.3) is 11.3 Å². The molecular formula is C19H25NO2. The summed E-state index contributed by atoms with van der Waals surface area (Å²) in [6.07, 6.45) is 5.11. The third kappa shape index (κ3) is 5.15. The molecule has 3 heteroatoms. The topological polar surface area (TPSA) is 31.4 Å². The summed E-state index contributed by atoms with van der Waals surface area (Å²) in [4.78, 5) is 4.56. The fourth-order valence-corrected chi connectivity index (χ4v) is 2.26. The van der Waals surface area contributed by atoms with Gasteiger partial charge < -0.3 is 9.47 Å². The first kappa shape index (κ1) is 16.5. The van der Waals surface area contributed by atoms with Crippen LogP contribution < -0.4 is 4.74 Å². The van der Waals surface area contributed by atoms with Crippen LogP contribution >= 0.6 is 0 Å². The first-order valence-corrected chi connectivity index (χ1v) is 8.09. The molecule has 0 bridgehead atoms. The number of aromatic nitrogens is 1. The van der Waals surface area contributed by atoms with Gasteiger partial charge in [-0.15, -0.1) is 0 Å². The van der Waals surface area contributed by atoms with E-state index in [1.165, 1.54) is 5.56 Å². The average Bonchev–Trinajstić information content (AvgIpc) is 2.56. The summed E-state index contributed by atoms with van der Waals surface area (Å²) in [6, 6.07) is 12.3. The van der Waals surface area contributed by atoms with Crippen molar-refractivity contribution in [2.24, 2.45) is 0 Å². The third-order valence-electron chi connectivity index (χ3n) is 3.39. The first-order valence-electron chi connectivity index (χ1n) is 8.09. The Labute approximate surface area is 133 Å². The van der Waals surface area contributed by atoms with Crippen LogP contribution in [0.3, 0.4) is 0 Å². The summed E-state index contributed by atoms with van der Waals surface area (Å²) in [7, 11) is 0. The van der Waals surface area contributed by atoms with E-state index in [4.69, 9.17) is 9.47 Å². The van der Waals surface area contributed by atoms with Gasteiger partial charge in [0.1, 0.15) is 5.75 Å². The monoisotopic (exact) mass is 299 g/mol. The second-order valence-corrected chi connectivity index (χ2v) is 5.23. The number of nitrogens with zero attached hydrogens (tertiary/aromatic N) is 1. The zero-order chi connectivity index (χ0) is 15.6. The maximum atomic E-state index is 5.50. The molecule has 118 valence electrons. The van der Waals surface area contributed by atoms with Crippen molar-refractivity contribution < 1.29 is 9.47 Å². The molecule has 2 rings (SSSR count). The molecular weight excluding hydrogens is 274 g/mol. The largest absolute Gasteiger partial charge is 0.494 e. The van der Waals surface area contributed by atoms with E-state index in [-0.39, 0.29) is 0 Å². The average molecular weight is 299 g/mol. The molecule has 0 saturated carbocycles. The summed E-state index contributed by atoms with van der Waals surface area (Å²) in [5, 5.41) is 0. The zero-order valence-electron chi connectivity index (χ0n) is 13.5. The van der Waals surface area contributed by atoms with Crippen molar-refractivity contribution in [3.05, 3.63) is 48.2 Å². The van der Waals surface area contributed by atoms with Crippen molar-refractivity contribution >= 4 is 0 Å². The van der Waals surface area contributed by atoms with Gasteiger partial charge in [-0.05, 0) is 62.1 Å². The molecule has 3 nitrogen and oxygen atoms in total. The summed E-state index contributed by atoms with van der Waals surface area (Å²) in [5.74, 6) is 0.898. The minimum absolute atomic E-state index is 0.689. The summed E-state index contributed by atoms with van der Waals surface area (Å²) >= 11 is 0. The Morgan fingerprint density at radius 2 is 1.77 bits per heavy atom. The van der Waals surface area contributed by atoms with Crippen LogP contribution in [0.15, 0.2) is 42.6 Å². The molecule has 0 aliphatic carbocycles. The number of aryl methyl sites for hydroxylation is 1. The molecule has 0 fully saturated rings. The van der Waals surface area contributed by atoms with Gasteiger partial charge in [0.25, 0.3) is 0 Å². The van der Waals surface area contributed by atoms with Crippen molar-refractivity contribution in [2.75, 3.05) is 19.8 Å². The van der Waals surface area contributed by atoms with Gasteiger partial charge in [0.2, 0.25) is 0 Å². The highest BCUT2D eigenvalue weighted by Gasteiger charge is 2.01. The molecule has 0 aliphatic rings. The Kier molecular flexibility index (Phi) is 6.91. The number of rotatable bonds is 9. The highest BCUT2D eigenvalue weighted by molar-refractivity contribution is 5.60. The Balaban J connectivity index is 1.88. The Morgan fingerprint density at radius 1 is 0.955 bits per heavy atom. The van der Waals surface area contributed by atoms with Crippen molar-refractivity contribution in [1.82, 2.24) is 4.98 Å². The van der Waals surface area contributed by atoms with Crippen molar-refractivity contribution in [3.8, 4) is 17.0 Å². The summed E-state index contributed by atoms with van der Waals surface area (Å²) in [6.45, 7) is 6.49. The molecule has 0 N–H and O–H groups in total. The van der Waals surface area contributed by atoms with Crippen molar-refractivity contribution in [2.45, 2.75) is 33.1 Å². The van der Waals surface area contributed by atoms with Crippen LogP contribution in [0.4, 0.5) is 0 Å². The van der Waals surface area contributed by atoms with Gasteiger partial charge in [-0.3, -0.25) is 4.98 Å². The standard InChI is InChI=1S/C19H25NO2/c1-3-13-21-14-5-6-16-7-12-19(20-15-16)17-8-10-18(11-9-17)22-4-2/h7-12,15H,3-6,13-14H2,1-2H3. The fourth-order valence-electron chi connectivity index (χ4n) is 2.26. The minimum atomic E-state index is 0.689. The lowest BCUT2D eigenvalue weighted by Crippen LogP contribution is -1.98. The molecule has 0 saturated heterocycles. The van der Waals surface area contributed by atoms with E-state index in [1.54, 1.807) is 0 Å². The van der Waals surface area contributed by atoms with Crippen LogP contribution in [-0.2, 0) is 11.2 Å². The lowest BCUT2D eigenvalue weighted by Gasteiger charge is -2.06. The fraction of sp³-hybridized carbons (Fsp3) is 0.421. The first-order chi connectivity index (χ1) is 10.8. The minimum Gasteiger partial charge on any atom is -0.494 e. The third-order valence-corrected chi connectivity index (χ3v) is 3.39. The van der Waals surface area contributed by atoms with Crippen molar-refractivity contribution in [1.29, 1.82) is 0 Å². The molecule has 0 atom stereocenters. The SMILES string of the molecule is CCCOCCCc1ccc(-c2ccc(OCC)cc2)nc1. The predicted molar refractivity (Wildman–Crippen MR) is 90.3 cm³/mol. The maximum absolute atomic E-state index is 5.50. The van der Waals surface area contributed by atoms with Gasteiger partial charge in [-0.25, -0.2) is 0 Å². The molecule has 0 aliphatic heterocycles. The summed E-state index contributed by atoms with van der Waals surface area (Å²) in [5.41, 5.74) is 3.37. The van der Waals surface area contributed by atoms with Crippen LogP contribution in [0.1, 0.15) is 32.3 Å². The predicted octanol–water partition coefficient (Wildman–Crippen LogP) is 4.51. The highest BCUT2D eigenvalue weighted by atomic mass is 16.5. The second-order valence-electron chi connectivity index (χ2n) is 5.23. The van der Waals surface area contributed by atoms with E-state index >= 15 is 0 Å². The van der Waals surface area contributed by atoms with Crippen LogP contribution in [-0.4, -0.2) is 24.8 Å². The lowest BCUT2D eigenvalue weighted by molar-refractivity contribution is 0.132. The van der Waals surface area contributed by atoms with Crippen LogP contribution in [0.2, 0.25) is 0 Å². The normalized spacial score (nSPS) is 10.6. The highest BCUT2D eigenvalue weighted by Crippen LogP contribution is 2.21. The molecule has 0 unspecified atom stereocenters. The number of hydrogen-bond acceptors (Lipinski definition) is 3. The molecule has 0 radical (unpaired) electrons. The molecule has 0 spiro atoms. The van der Waals surface area contributed by atoms with Gasteiger partial charge in [0.15, 0.2) is 0 Å². The quantitative estimate of drug-likeness (QED) is 0.639. The molecule has 22 heavy (non-hydrogen) atoms. The van der Waals surface area contributed by atoms with Gasteiger partial charge in [-0.2, -0.15) is 0 Å². The maximum Gasteiger partial charge on any atom is 0.119 e. The van der Waals surface area contributed by atoms with Crippen molar-refractivity contribution in [3.63, 3.8) is 0 Å². The lowest BCUT2D eigenvalue weighted by atomic mass is 10.1. The molecule has 2 aromatic rings. The van der Waals surface area contributed by atoms with Gasteiger partial charge in [-0.1, -0.05) is 13.0 Å². The van der Waals surface area contributed by atoms with E-state index in [0.717, 1.165) is 49.5 Å².